The average molecular weight is 365 g/mol. The summed E-state index contributed by atoms with van der Waals surface area (Å²) >= 11 is 24.9. The standard InChI is InChI=1S/C13H5Cl4NOS/c14-8-2-1-3-9(15)11(8)7(5-18)12(19)6-4-10(16)20-13(6)17/h1-4,7H. The molecule has 20 heavy (non-hydrogen) atoms. The van der Waals surface area contributed by atoms with Crippen molar-refractivity contribution in [2.24, 2.45) is 0 Å². The zero-order valence-electron chi connectivity index (χ0n) is 9.66. The number of hydrogen-bond donors (Lipinski definition) is 0. The molecule has 1 aromatic heterocycles. The van der Waals surface area contributed by atoms with Gasteiger partial charge in [0.05, 0.1) is 16.0 Å². The normalized spacial score (nSPS) is 11.9. The van der Waals surface area contributed by atoms with Crippen molar-refractivity contribution in [2.45, 2.75) is 5.92 Å². The third kappa shape index (κ3) is 2.95. The molecule has 2 aromatic rings. The van der Waals surface area contributed by atoms with Crippen molar-refractivity contribution in [3.05, 3.63) is 54.1 Å². The number of Topliss-reactive ketones (excluding diaryl/α,β-unsaturated/α-hetero) is 1. The quantitative estimate of drug-likeness (QED) is 0.640. The van der Waals surface area contributed by atoms with Crippen molar-refractivity contribution in [1.29, 1.82) is 5.26 Å². The Kier molecular flexibility index (Phi) is 4.95. The van der Waals surface area contributed by atoms with Gasteiger partial charge in [-0.25, -0.2) is 0 Å². The van der Waals surface area contributed by atoms with E-state index in [1.54, 1.807) is 18.2 Å². The molecule has 0 saturated heterocycles. The Morgan fingerprint density at radius 3 is 2.25 bits per heavy atom. The summed E-state index contributed by atoms with van der Waals surface area (Å²) in [6, 6.07) is 8.14. The van der Waals surface area contributed by atoms with Crippen LogP contribution in [0.25, 0.3) is 0 Å². The number of carbonyl (C=O) groups is 1. The molecule has 2 nitrogen and oxygen atoms in total. The number of nitrogens with zero attached hydrogens (tertiary/aromatic N) is 1. The van der Waals surface area contributed by atoms with Crippen LogP contribution in [0.5, 0.6) is 0 Å². The lowest BCUT2D eigenvalue weighted by Crippen LogP contribution is -2.12. The molecule has 1 heterocycles. The number of thiophene rings is 1. The molecule has 0 spiro atoms. The molecule has 1 unspecified atom stereocenters. The van der Waals surface area contributed by atoms with Gasteiger partial charge in [-0.3, -0.25) is 4.79 Å². The van der Waals surface area contributed by atoms with E-state index in [1.165, 1.54) is 6.07 Å². The fourth-order valence-corrected chi connectivity index (χ4v) is 3.79. The fraction of sp³-hybridized carbons (Fsp3) is 0.0769. The second-order valence-corrected chi connectivity index (χ2v) is 6.90. The van der Waals surface area contributed by atoms with Gasteiger partial charge in [-0.1, -0.05) is 52.5 Å². The van der Waals surface area contributed by atoms with Gasteiger partial charge in [0.25, 0.3) is 0 Å². The van der Waals surface area contributed by atoms with E-state index in [0.717, 1.165) is 11.3 Å². The summed E-state index contributed by atoms with van der Waals surface area (Å²) < 4.78 is 0.615. The van der Waals surface area contributed by atoms with Crippen molar-refractivity contribution >= 4 is 63.5 Å². The number of benzene rings is 1. The van der Waals surface area contributed by atoms with Gasteiger partial charge in [0.1, 0.15) is 10.3 Å². The van der Waals surface area contributed by atoms with Crippen LogP contribution in [0.3, 0.4) is 0 Å². The minimum absolute atomic E-state index is 0.198. The van der Waals surface area contributed by atoms with Crippen molar-refractivity contribution < 1.29 is 4.79 Å². The summed E-state index contributed by atoms with van der Waals surface area (Å²) in [7, 11) is 0. The van der Waals surface area contributed by atoms with Gasteiger partial charge in [0, 0.05) is 15.6 Å². The van der Waals surface area contributed by atoms with Crippen molar-refractivity contribution in [3.8, 4) is 6.07 Å². The second kappa shape index (κ2) is 6.34. The number of ketones is 1. The number of carbonyl (C=O) groups excluding carboxylic acids is 1. The molecule has 0 bridgehead atoms. The maximum Gasteiger partial charge on any atom is 0.186 e. The van der Waals surface area contributed by atoms with E-state index < -0.39 is 11.7 Å². The molecule has 0 fully saturated rings. The summed E-state index contributed by atoms with van der Waals surface area (Å²) in [4.78, 5) is 12.4. The lowest BCUT2D eigenvalue weighted by atomic mass is 9.93. The molecule has 0 radical (unpaired) electrons. The second-order valence-electron chi connectivity index (χ2n) is 3.80. The summed E-state index contributed by atoms with van der Waals surface area (Å²) in [5.74, 6) is -1.60. The monoisotopic (exact) mass is 363 g/mol. The van der Waals surface area contributed by atoms with E-state index in [4.69, 9.17) is 46.4 Å². The highest BCUT2D eigenvalue weighted by molar-refractivity contribution is 7.20. The van der Waals surface area contributed by atoms with Crippen LogP contribution in [0, 0.1) is 11.3 Å². The molecule has 0 amide bonds. The highest BCUT2D eigenvalue weighted by atomic mass is 35.5. The van der Waals surface area contributed by atoms with E-state index in [2.05, 4.69) is 0 Å². The molecule has 1 aromatic carbocycles. The molecule has 102 valence electrons. The topological polar surface area (TPSA) is 40.9 Å². The highest BCUT2D eigenvalue weighted by Gasteiger charge is 2.28. The molecule has 7 heteroatoms. The Morgan fingerprint density at radius 1 is 1.20 bits per heavy atom. The molecular formula is C13H5Cl4NOS. The third-order valence-corrected chi connectivity index (χ3v) is 4.75. The van der Waals surface area contributed by atoms with Gasteiger partial charge in [-0.05, 0) is 18.2 Å². The van der Waals surface area contributed by atoms with E-state index in [-0.39, 0.29) is 25.5 Å². The predicted molar refractivity (Wildman–Crippen MR) is 83.5 cm³/mol. The Bertz CT molecular complexity index is 699. The van der Waals surface area contributed by atoms with Crippen molar-refractivity contribution in [2.75, 3.05) is 0 Å². The number of halogens is 4. The van der Waals surface area contributed by atoms with E-state index in [9.17, 15) is 10.1 Å². The fourth-order valence-electron chi connectivity index (χ4n) is 1.70. The van der Waals surface area contributed by atoms with Crippen LogP contribution in [0.2, 0.25) is 18.7 Å². The molecule has 1 atom stereocenters. The summed E-state index contributed by atoms with van der Waals surface area (Å²) in [6.45, 7) is 0. The van der Waals surface area contributed by atoms with Gasteiger partial charge in [0.15, 0.2) is 5.78 Å². The Labute approximate surface area is 139 Å². The minimum Gasteiger partial charge on any atom is -0.292 e. The molecule has 2 rings (SSSR count). The largest absolute Gasteiger partial charge is 0.292 e. The minimum atomic E-state index is -1.13. The molecule has 0 aliphatic rings. The van der Waals surface area contributed by atoms with Crippen LogP contribution in [-0.4, -0.2) is 5.78 Å². The van der Waals surface area contributed by atoms with Gasteiger partial charge in [-0.15, -0.1) is 11.3 Å². The van der Waals surface area contributed by atoms with Crippen LogP contribution in [0.15, 0.2) is 24.3 Å². The van der Waals surface area contributed by atoms with E-state index in [1.807, 2.05) is 6.07 Å². The van der Waals surface area contributed by atoms with Gasteiger partial charge in [0.2, 0.25) is 0 Å². The van der Waals surface area contributed by atoms with Crippen LogP contribution in [0.1, 0.15) is 21.8 Å². The SMILES string of the molecule is N#CC(C(=O)c1cc(Cl)sc1Cl)c1c(Cl)cccc1Cl. The van der Waals surface area contributed by atoms with Gasteiger partial charge in [-0.2, -0.15) is 5.26 Å². The van der Waals surface area contributed by atoms with E-state index in [0.29, 0.717) is 4.34 Å². The van der Waals surface area contributed by atoms with Gasteiger partial charge >= 0.3 is 0 Å². The van der Waals surface area contributed by atoms with Gasteiger partial charge < -0.3 is 0 Å². The Balaban J connectivity index is 2.51. The number of rotatable bonds is 3. The summed E-state index contributed by atoms with van der Waals surface area (Å²) in [5.41, 5.74) is 0.478. The summed E-state index contributed by atoms with van der Waals surface area (Å²) in [5, 5.41) is 9.82. The first-order chi connectivity index (χ1) is 9.45. The maximum absolute atomic E-state index is 12.4. The average Bonchev–Trinajstić information content (AvgIpc) is 2.72. The lowest BCUT2D eigenvalue weighted by Gasteiger charge is -2.11. The third-order valence-electron chi connectivity index (χ3n) is 2.60. The lowest BCUT2D eigenvalue weighted by molar-refractivity contribution is 0.0979. The molecule has 0 saturated carbocycles. The molecule has 0 N–H and O–H groups in total. The maximum atomic E-state index is 12.4. The first kappa shape index (κ1) is 15.6. The first-order valence-corrected chi connectivity index (χ1v) is 7.61. The van der Waals surface area contributed by atoms with Crippen LogP contribution in [-0.2, 0) is 0 Å². The smallest absolute Gasteiger partial charge is 0.186 e. The molecule has 0 aliphatic carbocycles. The number of hydrogen-bond acceptors (Lipinski definition) is 3. The zero-order chi connectivity index (χ0) is 14.9. The van der Waals surface area contributed by atoms with Crippen LogP contribution in [0.4, 0.5) is 0 Å². The Hall–Kier alpha value is -0.760. The van der Waals surface area contributed by atoms with Crippen molar-refractivity contribution in [1.82, 2.24) is 0 Å². The van der Waals surface area contributed by atoms with E-state index >= 15 is 0 Å². The zero-order valence-corrected chi connectivity index (χ0v) is 13.5. The predicted octanol–water partition coefficient (Wildman–Crippen LogP) is 5.85. The number of nitriles is 1. The molecular weight excluding hydrogens is 360 g/mol. The van der Waals surface area contributed by atoms with Crippen LogP contribution < -0.4 is 0 Å². The summed E-state index contributed by atoms with van der Waals surface area (Å²) in [6.07, 6.45) is 0. The van der Waals surface area contributed by atoms with Crippen LogP contribution >= 0.6 is 57.7 Å². The Morgan fingerprint density at radius 2 is 1.80 bits per heavy atom. The van der Waals surface area contributed by atoms with Crippen molar-refractivity contribution in [3.63, 3.8) is 0 Å². The molecule has 0 aliphatic heterocycles. The highest BCUT2D eigenvalue weighted by Crippen LogP contribution is 2.37. The first-order valence-electron chi connectivity index (χ1n) is 5.28.